The summed E-state index contributed by atoms with van der Waals surface area (Å²) >= 11 is 0. The van der Waals surface area contributed by atoms with Crippen molar-refractivity contribution < 1.29 is 19.0 Å². The molecule has 4 aromatic heterocycles. The van der Waals surface area contributed by atoms with Crippen LogP contribution in [0.3, 0.4) is 0 Å². The van der Waals surface area contributed by atoms with Crippen molar-refractivity contribution in [2.45, 2.75) is 49.5 Å². The quantitative estimate of drug-likeness (QED) is 0.229. The minimum atomic E-state index is -1.75. The molecule has 212 valence electrons. The first-order valence-corrected chi connectivity index (χ1v) is 13.3. The zero-order chi connectivity index (χ0) is 28.2. The largest absolute Gasteiger partial charge is 0.491 e. The van der Waals surface area contributed by atoms with E-state index in [1.807, 2.05) is 12.1 Å². The lowest BCUT2D eigenvalue weighted by atomic mass is 9.88. The van der Waals surface area contributed by atoms with Crippen molar-refractivity contribution in [3.8, 4) is 17.0 Å². The summed E-state index contributed by atoms with van der Waals surface area (Å²) in [5, 5.41) is 19.9. The Kier molecular flexibility index (Phi) is 6.17. The van der Waals surface area contributed by atoms with E-state index in [-0.39, 0.29) is 24.5 Å². The van der Waals surface area contributed by atoms with Crippen LogP contribution in [-0.4, -0.2) is 76.5 Å². The number of hydrogen-bond acceptors (Lipinski definition) is 11. The van der Waals surface area contributed by atoms with E-state index in [9.17, 15) is 5.11 Å². The van der Waals surface area contributed by atoms with Gasteiger partial charge in [0.2, 0.25) is 5.95 Å². The van der Waals surface area contributed by atoms with Gasteiger partial charge in [-0.05, 0) is 31.0 Å². The molecule has 1 aliphatic heterocycles. The third-order valence-electron chi connectivity index (χ3n) is 7.67. The first kappa shape index (κ1) is 25.6. The van der Waals surface area contributed by atoms with Crippen molar-refractivity contribution in [3.05, 3.63) is 49.2 Å². The second-order valence-electron chi connectivity index (χ2n) is 10.6. The third-order valence-corrected chi connectivity index (χ3v) is 7.67. The van der Waals surface area contributed by atoms with E-state index in [0.29, 0.717) is 39.5 Å². The number of aromatic nitrogens is 7. The SMILES string of the molecule is Cn1ccc(-c2cn([C@@H]3O[C@H](COc4ccc5cnc(NC6CC(N)C6)nc5c4)[C@@H](O)[C@@H]3F)c3ncnc(N)c23)n1. The standard InChI is InChI=1S/C27H29FN10O3/c1-37-5-4-18(36-37)17-10-38(25-21(17)24(30)32-12-33-25)26-22(28)23(39)20(41-26)11-40-16-3-2-13-9-31-27(35-19(13)8-16)34-15-6-14(29)7-15/h2-5,8-10,12,14-15,20,22-23,26,39H,6-7,11,29H2,1H3,(H2,30,32,33)(H,31,34,35)/t14?,15?,20-,22+,23-,26-/m1/s1. The van der Waals surface area contributed by atoms with E-state index in [2.05, 4.69) is 30.4 Å². The maximum Gasteiger partial charge on any atom is 0.223 e. The number of aryl methyl sites for hydroxylation is 1. The Morgan fingerprint density at radius 1 is 1.22 bits per heavy atom. The smallest absolute Gasteiger partial charge is 0.223 e. The Bertz CT molecular complexity index is 1740. The summed E-state index contributed by atoms with van der Waals surface area (Å²) in [6.07, 6.45) is 3.01. The van der Waals surface area contributed by atoms with Gasteiger partial charge >= 0.3 is 0 Å². The van der Waals surface area contributed by atoms with Crippen molar-refractivity contribution in [3.63, 3.8) is 0 Å². The van der Waals surface area contributed by atoms with Crippen LogP contribution in [0.15, 0.2) is 49.2 Å². The number of benzene rings is 1. The molecule has 0 bridgehead atoms. The van der Waals surface area contributed by atoms with Crippen LogP contribution < -0.4 is 21.5 Å². The fourth-order valence-corrected chi connectivity index (χ4v) is 5.42. The Hall–Kier alpha value is -4.40. The van der Waals surface area contributed by atoms with E-state index in [4.69, 9.17) is 20.9 Å². The molecule has 1 saturated heterocycles. The fourth-order valence-electron chi connectivity index (χ4n) is 5.42. The highest BCUT2D eigenvalue weighted by molar-refractivity contribution is 5.99. The van der Waals surface area contributed by atoms with Crippen molar-refractivity contribution >= 4 is 33.7 Å². The number of anilines is 2. The summed E-state index contributed by atoms with van der Waals surface area (Å²) in [4.78, 5) is 17.4. The third kappa shape index (κ3) is 4.59. The summed E-state index contributed by atoms with van der Waals surface area (Å²) in [5.74, 6) is 1.27. The highest BCUT2D eigenvalue weighted by atomic mass is 19.1. The first-order valence-electron chi connectivity index (χ1n) is 13.3. The van der Waals surface area contributed by atoms with Gasteiger partial charge < -0.3 is 35.9 Å². The molecule has 14 heteroatoms. The number of ether oxygens (including phenoxy) is 2. The van der Waals surface area contributed by atoms with Gasteiger partial charge in [0.25, 0.3) is 0 Å². The molecule has 41 heavy (non-hydrogen) atoms. The minimum Gasteiger partial charge on any atom is -0.491 e. The van der Waals surface area contributed by atoms with Crippen LogP contribution >= 0.6 is 0 Å². The molecule has 7 rings (SSSR count). The van der Waals surface area contributed by atoms with Gasteiger partial charge in [-0.1, -0.05) is 0 Å². The molecule has 2 aliphatic rings. The van der Waals surface area contributed by atoms with E-state index < -0.39 is 24.6 Å². The molecule has 1 aliphatic carbocycles. The number of hydrogen-bond donors (Lipinski definition) is 4. The molecule has 0 unspecified atom stereocenters. The van der Waals surface area contributed by atoms with E-state index in [1.165, 1.54) is 10.9 Å². The highest BCUT2D eigenvalue weighted by Crippen LogP contribution is 2.39. The number of aliphatic hydroxyl groups is 1. The number of halogens is 1. The van der Waals surface area contributed by atoms with Crippen LogP contribution in [0.5, 0.6) is 5.75 Å². The Balaban J connectivity index is 1.10. The van der Waals surface area contributed by atoms with E-state index in [1.54, 1.807) is 42.5 Å². The molecule has 0 amide bonds. The molecule has 1 aromatic carbocycles. The average Bonchev–Trinajstić information content (AvgIpc) is 3.63. The molecule has 6 N–H and O–H groups in total. The molecule has 1 saturated carbocycles. The molecule has 5 heterocycles. The molecular weight excluding hydrogens is 531 g/mol. The minimum absolute atomic E-state index is 0.0802. The second kappa shape index (κ2) is 9.90. The fraction of sp³-hybridized carbons (Fsp3) is 0.370. The first-order chi connectivity index (χ1) is 19.8. The zero-order valence-electron chi connectivity index (χ0n) is 22.1. The zero-order valence-corrected chi connectivity index (χ0v) is 22.1. The normalized spacial score (nSPS) is 26.0. The number of aliphatic hydroxyl groups excluding tert-OH is 1. The van der Waals surface area contributed by atoms with Gasteiger partial charge in [0.1, 0.15) is 42.4 Å². The molecule has 4 atom stereocenters. The van der Waals surface area contributed by atoms with Gasteiger partial charge in [0, 0.05) is 54.7 Å². The summed E-state index contributed by atoms with van der Waals surface area (Å²) in [7, 11) is 1.80. The molecule has 2 fully saturated rings. The van der Waals surface area contributed by atoms with Gasteiger partial charge in [-0.3, -0.25) is 4.68 Å². The Morgan fingerprint density at radius 2 is 2.07 bits per heavy atom. The Morgan fingerprint density at radius 3 is 2.85 bits per heavy atom. The molecule has 0 spiro atoms. The van der Waals surface area contributed by atoms with Crippen molar-refractivity contribution in [1.29, 1.82) is 0 Å². The molecule has 0 radical (unpaired) electrons. The lowest BCUT2D eigenvalue weighted by Crippen LogP contribution is -2.44. The maximum atomic E-state index is 15.5. The van der Waals surface area contributed by atoms with Crippen molar-refractivity contribution in [2.75, 3.05) is 17.7 Å². The lowest BCUT2D eigenvalue weighted by molar-refractivity contribution is -0.0410. The number of rotatable bonds is 7. The van der Waals surface area contributed by atoms with Crippen LogP contribution in [0.4, 0.5) is 16.2 Å². The highest BCUT2D eigenvalue weighted by Gasteiger charge is 2.46. The summed E-state index contributed by atoms with van der Waals surface area (Å²) in [5.41, 5.74) is 14.4. The summed E-state index contributed by atoms with van der Waals surface area (Å²) in [6.45, 7) is -0.0802. The van der Waals surface area contributed by atoms with Crippen LogP contribution in [0.25, 0.3) is 33.2 Å². The topological polar surface area (TPSA) is 177 Å². The number of nitrogens with one attached hydrogen (secondary N) is 1. The summed E-state index contributed by atoms with van der Waals surface area (Å²) < 4.78 is 30.7. The van der Waals surface area contributed by atoms with E-state index >= 15 is 4.39 Å². The van der Waals surface area contributed by atoms with Crippen LogP contribution in [-0.2, 0) is 11.8 Å². The number of nitrogen functional groups attached to an aromatic ring is 1. The van der Waals surface area contributed by atoms with Gasteiger partial charge in [0.15, 0.2) is 12.4 Å². The van der Waals surface area contributed by atoms with Gasteiger partial charge in [-0.25, -0.2) is 24.3 Å². The number of nitrogens with zero attached hydrogens (tertiary/aromatic N) is 7. The van der Waals surface area contributed by atoms with Gasteiger partial charge in [-0.15, -0.1) is 0 Å². The lowest BCUT2D eigenvalue weighted by Gasteiger charge is -2.32. The van der Waals surface area contributed by atoms with Crippen molar-refractivity contribution in [1.82, 2.24) is 34.3 Å². The van der Waals surface area contributed by atoms with E-state index in [0.717, 1.165) is 18.2 Å². The average molecular weight is 561 g/mol. The van der Waals surface area contributed by atoms with Crippen LogP contribution in [0.2, 0.25) is 0 Å². The van der Waals surface area contributed by atoms with Crippen LogP contribution in [0.1, 0.15) is 19.1 Å². The second-order valence-corrected chi connectivity index (χ2v) is 10.6. The monoisotopic (exact) mass is 560 g/mol. The summed E-state index contributed by atoms with van der Waals surface area (Å²) in [6, 6.07) is 7.69. The van der Waals surface area contributed by atoms with Crippen LogP contribution in [0, 0.1) is 0 Å². The number of alkyl halides is 1. The van der Waals surface area contributed by atoms with Gasteiger partial charge in [0.05, 0.1) is 16.6 Å². The Labute approximate surface area is 233 Å². The number of nitrogens with two attached hydrogens (primary N) is 2. The predicted octanol–water partition coefficient (Wildman–Crippen LogP) is 1.93. The molecule has 5 aromatic rings. The maximum absolute atomic E-state index is 15.5. The predicted molar refractivity (Wildman–Crippen MR) is 149 cm³/mol. The van der Waals surface area contributed by atoms with Gasteiger partial charge in [-0.2, -0.15) is 5.10 Å². The molecule has 13 nitrogen and oxygen atoms in total. The number of fused-ring (bicyclic) bond motifs is 2. The molecular formula is C27H29FN10O3. The van der Waals surface area contributed by atoms with Crippen molar-refractivity contribution in [2.24, 2.45) is 12.8 Å².